The van der Waals surface area contributed by atoms with Crippen LogP contribution >= 0.6 is 0 Å². The molecule has 2 rings (SSSR count). The molecular formula is C15H21N3O3. The summed E-state index contributed by atoms with van der Waals surface area (Å²) in [6, 6.07) is 7.47. The van der Waals surface area contributed by atoms with E-state index in [0.29, 0.717) is 18.3 Å². The average Bonchev–Trinajstić information content (AvgIpc) is 2.95. The molecule has 0 radical (unpaired) electrons. The van der Waals surface area contributed by atoms with Crippen molar-refractivity contribution in [2.24, 2.45) is 0 Å². The molecule has 1 N–H and O–H groups in total. The second-order valence-corrected chi connectivity index (χ2v) is 5.57. The highest BCUT2D eigenvalue weighted by Gasteiger charge is 2.24. The fraction of sp³-hybridized carbons (Fsp3) is 0.467. The van der Waals surface area contributed by atoms with Crippen molar-refractivity contribution in [2.45, 2.75) is 25.9 Å². The van der Waals surface area contributed by atoms with Gasteiger partial charge in [0.05, 0.1) is 20.3 Å². The van der Waals surface area contributed by atoms with E-state index in [1.807, 2.05) is 50.1 Å². The van der Waals surface area contributed by atoms with E-state index in [1.54, 1.807) is 7.11 Å². The van der Waals surface area contributed by atoms with Crippen molar-refractivity contribution < 1.29 is 14.4 Å². The zero-order valence-corrected chi connectivity index (χ0v) is 12.8. The minimum Gasteiger partial charge on any atom is -0.497 e. The molecule has 6 nitrogen and oxygen atoms in total. The molecular weight excluding hydrogens is 270 g/mol. The molecule has 114 valence electrons. The number of nitrogens with zero attached hydrogens (tertiary/aromatic N) is 3. The van der Waals surface area contributed by atoms with Crippen LogP contribution in [0.2, 0.25) is 0 Å². The predicted molar refractivity (Wildman–Crippen MR) is 78.9 cm³/mol. The molecule has 1 aromatic heterocycles. The van der Waals surface area contributed by atoms with E-state index in [0.717, 1.165) is 11.3 Å². The second-order valence-electron chi connectivity index (χ2n) is 5.57. The highest BCUT2D eigenvalue weighted by Crippen LogP contribution is 2.21. The van der Waals surface area contributed by atoms with Crippen molar-refractivity contribution >= 4 is 0 Å². The van der Waals surface area contributed by atoms with Crippen LogP contribution in [0.4, 0.5) is 0 Å². The van der Waals surface area contributed by atoms with E-state index >= 15 is 0 Å². The molecule has 0 aliphatic heterocycles. The Morgan fingerprint density at radius 3 is 2.52 bits per heavy atom. The minimum atomic E-state index is -0.339. The molecule has 21 heavy (non-hydrogen) atoms. The van der Waals surface area contributed by atoms with Crippen LogP contribution in [0.15, 0.2) is 28.8 Å². The molecule has 0 atom stereocenters. The zero-order chi connectivity index (χ0) is 15.5. The number of hydrogen-bond acceptors (Lipinski definition) is 6. The molecule has 2 aromatic rings. The van der Waals surface area contributed by atoms with Gasteiger partial charge in [-0.15, -0.1) is 0 Å². The maximum atomic E-state index is 9.35. The number of aliphatic hydroxyl groups excluding tert-OH is 1. The van der Waals surface area contributed by atoms with Gasteiger partial charge < -0.3 is 14.4 Å². The molecule has 0 aliphatic rings. The van der Waals surface area contributed by atoms with Gasteiger partial charge in [0.1, 0.15) is 5.75 Å². The van der Waals surface area contributed by atoms with Gasteiger partial charge in [-0.25, -0.2) is 0 Å². The van der Waals surface area contributed by atoms with Crippen LogP contribution in [0.1, 0.15) is 19.7 Å². The number of ether oxygens (including phenoxy) is 1. The molecule has 0 spiro atoms. The smallest absolute Gasteiger partial charge is 0.241 e. The fourth-order valence-corrected chi connectivity index (χ4v) is 1.71. The lowest BCUT2D eigenvalue weighted by atomic mass is 10.1. The van der Waals surface area contributed by atoms with Gasteiger partial charge in [0.2, 0.25) is 11.7 Å². The lowest BCUT2D eigenvalue weighted by molar-refractivity contribution is 0.0652. The van der Waals surface area contributed by atoms with E-state index in [-0.39, 0.29) is 12.1 Å². The van der Waals surface area contributed by atoms with E-state index in [4.69, 9.17) is 9.26 Å². The first kappa shape index (κ1) is 15.5. The lowest BCUT2D eigenvalue weighted by Gasteiger charge is -2.32. The maximum Gasteiger partial charge on any atom is 0.241 e. The standard InChI is InChI=1S/C15H21N3O3/c1-15(2,10-19)18(3)9-13-16-14(17-21-13)11-5-7-12(20-4)8-6-11/h5-8,19H,9-10H2,1-4H3. The van der Waals surface area contributed by atoms with Gasteiger partial charge in [0.15, 0.2) is 0 Å². The Morgan fingerprint density at radius 1 is 1.29 bits per heavy atom. The van der Waals surface area contributed by atoms with Crippen molar-refractivity contribution in [1.82, 2.24) is 15.0 Å². The Hall–Kier alpha value is -1.92. The molecule has 0 bridgehead atoms. The average molecular weight is 291 g/mol. The Morgan fingerprint density at radius 2 is 1.95 bits per heavy atom. The van der Waals surface area contributed by atoms with Gasteiger partial charge in [-0.05, 0) is 45.2 Å². The van der Waals surface area contributed by atoms with Gasteiger partial charge in [0, 0.05) is 11.1 Å². The Bertz CT molecular complexity index is 578. The summed E-state index contributed by atoms with van der Waals surface area (Å²) in [5.74, 6) is 1.85. The number of hydrogen-bond donors (Lipinski definition) is 1. The van der Waals surface area contributed by atoms with Crippen LogP contribution in [0.3, 0.4) is 0 Å². The highest BCUT2D eigenvalue weighted by atomic mass is 16.5. The highest BCUT2D eigenvalue weighted by molar-refractivity contribution is 5.55. The summed E-state index contributed by atoms with van der Waals surface area (Å²) in [4.78, 5) is 6.35. The van der Waals surface area contributed by atoms with E-state index in [2.05, 4.69) is 10.1 Å². The molecule has 0 fully saturated rings. The molecule has 0 unspecified atom stereocenters. The van der Waals surface area contributed by atoms with Crippen molar-refractivity contribution in [3.8, 4) is 17.1 Å². The molecule has 0 amide bonds. The molecule has 0 aliphatic carbocycles. The van der Waals surface area contributed by atoms with Crippen molar-refractivity contribution in [3.63, 3.8) is 0 Å². The second kappa shape index (κ2) is 6.24. The lowest BCUT2D eigenvalue weighted by Crippen LogP contribution is -2.43. The summed E-state index contributed by atoms with van der Waals surface area (Å²) in [6.07, 6.45) is 0. The summed E-state index contributed by atoms with van der Waals surface area (Å²) < 4.78 is 10.4. The van der Waals surface area contributed by atoms with Crippen molar-refractivity contribution in [3.05, 3.63) is 30.2 Å². The summed E-state index contributed by atoms with van der Waals surface area (Å²) in [5.41, 5.74) is 0.532. The Labute approximate surface area is 124 Å². The quantitative estimate of drug-likeness (QED) is 0.877. The van der Waals surface area contributed by atoms with Crippen LogP contribution in [0, 0.1) is 0 Å². The fourth-order valence-electron chi connectivity index (χ4n) is 1.71. The van der Waals surface area contributed by atoms with Crippen LogP contribution in [0.5, 0.6) is 5.75 Å². The molecule has 0 saturated carbocycles. The largest absolute Gasteiger partial charge is 0.497 e. The molecule has 6 heteroatoms. The number of aliphatic hydroxyl groups is 1. The number of benzene rings is 1. The van der Waals surface area contributed by atoms with Crippen LogP contribution < -0.4 is 4.74 Å². The first-order valence-corrected chi connectivity index (χ1v) is 6.75. The first-order chi connectivity index (χ1) is 9.96. The van der Waals surface area contributed by atoms with Gasteiger partial charge in [-0.3, -0.25) is 4.90 Å². The molecule has 1 aromatic carbocycles. The van der Waals surface area contributed by atoms with Crippen LogP contribution in [-0.2, 0) is 6.54 Å². The molecule has 1 heterocycles. The summed E-state index contributed by atoms with van der Waals surface area (Å²) >= 11 is 0. The number of methoxy groups -OCH3 is 1. The van der Waals surface area contributed by atoms with Gasteiger partial charge in [-0.2, -0.15) is 4.98 Å². The van der Waals surface area contributed by atoms with E-state index < -0.39 is 0 Å². The molecule has 0 saturated heterocycles. The first-order valence-electron chi connectivity index (χ1n) is 6.75. The Balaban J connectivity index is 2.10. The number of rotatable bonds is 6. The van der Waals surface area contributed by atoms with Crippen molar-refractivity contribution in [2.75, 3.05) is 20.8 Å². The van der Waals surface area contributed by atoms with Gasteiger partial charge in [0.25, 0.3) is 0 Å². The number of likely N-dealkylation sites (N-methyl/N-ethyl adjacent to an activating group) is 1. The van der Waals surface area contributed by atoms with Gasteiger partial charge in [-0.1, -0.05) is 5.16 Å². The normalized spacial score (nSPS) is 11.9. The van der Waals surface area contributed by atoms with Crippen LogP contribution in [-0.4, -0.2) is 46.5 Å². The third-order valence-electron chi connectivity index (χ3n) is 3.61. The van der Waals surface area contributed by atoms with E-state index in [1.165, 1.54) is 0 Å². The SMILES string of the molecule is COc1ccc(-c2noc(CN(C)C(C)(C)CO)n2)cc1. The monoisotopic (exact) mass is 291 g/mol. The van der Waals surface area contributed by atoms with E-state index in [9.17, 15) is 5.11 Å². The number of aromatic nitrogens is 2. The summed E-state index contributed by atoms with van der Waals surface area (Å²) in [6.45, 7) is 4.45. The zero-order valence-electron chi connectivity index (χ0n) is 12.8. The maximum absolute atomic E-state index is 9.35. The topological polar surface area (TPSA) is 71.6 Å². The third-order valence-corrected chi connectivity index (χ3v) is 3.61. The van der Waals surface area contributed by atoms with Crippen LogP contribution in [0.25, 0.3) is 11.4 Å². The summed E-state index contributed by atoms with van der Waals surface area (Å²) in [5, 5.41) is 13.3. The third kappa shape index (κ3) is 3.59. The predicted octanol–water partition coefficient (Wildman–Crippen LogP) is 1.95. The summed E-state index contributed by atoms with van der Waals surface area (Å²) in [7, 11) is 3.54. The Kier molecular flexibility index (Phi) is 4.59. The van der Waals surface area contributed by atoms with Crippen molar-refractivity contribution in [1.29, 1.82) is 0 Å². The van der Waals surface area contributed by atoms with Gasteiger partial charge >= 0.3 is 0 Å². The minimum absolute atomic E-state index is 0.0585.